The van der Waals surface area contributed by atoms with E-state index in [2.05, 4.69) is 0 Å². The van der Waals surface area contributed by atoms with Crippen molar-refractivity contribution in [1.82, 2.24) is 0 Å². The van der Waals surface area contributed by atoms with Crippen molar-refractivity contribution >= 4 is 56.5 Å². The number of hydrogen-bond donors (Lipinski definition) is 3. The Balaban J connectivity index is 2.66. The summed E-state index contributed by atoms with van der Waals surface area (Å²) in [6.45, 7) is 0. The zero-order valence-corrected chi connectivity index (χ0v) is 18.1. The van der Waals surface area contributed by atoms with Gasteiger partial charge in [-0.05, 0) is 35.9 Å². The van der Waals surface area contributed by atoms with Gasteiger partial charge in [-0.25, -0.2) is 0 Å². The van der Waals surface area contributed by atoms with Crippen LogP contribution in [0, 0.1) is 0 Å². The summed E-state index contributed by atoms with van der Waals surface area (Å²) in [4.78, 5) is 0. The second-order valence-corrected chi connectivity index (χ2v) is 9.25. The Hall–Kier alpha value is -1.67. The minimum absolute atomic E-state index is 0.0229. The maximum Gasteiger partial charge on any atom is 0.283 e. The summed E-state index contributed by atoms with van der Waals surface area (Å²) < 4.78 is 33.9. The van der Waals surface area contributed by atoms with Gasteiger partial charge in [0, 0.05) is 16.1 Å². The average molecular weight is 494 g/mol. The van der Waals surface area contributed by atoms with Gasteiger partial charge in [-0.15, -0.1) is 0 Å². The molecule has 10 heteroatoms. The largest absolute Gasteiger partial charge is 0.508 e. The highest BCUT2D eigenvalue weighted by atomic mass is 35.5. The van der Waals surface area contributed by atoms with Gasteiger partial charge in [0.05, 0.1) is 15.1 Å². The maximum absolute atomic E-state index is 13.0. The molecule has 3 N–H and O–H groups in total. The van der Waals surface area contributed by atoms with Crippen LogP contribution < -0.4 is 0 Å². The molecule has 0 aliphatic rings. The minimum Gasteiger partial charge on any atom is -0.508 e. The smallest absolute Gasteiger partial charge is 0.283 e. The van der Waals surface area contributed by atoms with E-state index in [0.29, 0.717) is 0 Å². The molecule has 0 aliphatic carbocycles. The molecule has 5 nitrogen and oxygen atoms in total. The molecule has 0 radical (unpaired) electrons. The van der Waals surface area contributed by atoms with Crippen LogP contribution in [0.2, 0.25) is 20.1 Å². The van der Waals surface area contributed by atoms with Gasteiger partial charge in [-0.2, -0.15) is 8.42 Å². The van der Waals surface area contributed by atoms with Crippen molar-refractivity contribution in [3.05, 3.63) is 91.4 Å². The third-order valence-corrected chi connectivity index (χ3v) is 7.22. The molecule has 0 saturated carbocycles. The van der Waals surface area contributed by atoms with Gasteiger partial charge in [-0.3, -0.25) is 4.55 Å². The van der Waals surface area contributed by atoms with E-state index in [-0.39, 0.29) is 31.2 Å². The molecule has 0 aromatic heterocycles. The monoisotopic (exact) mass is 492 g/mol. The molecule has 29 heavy (non-hydrogen) atoms. The van der Waals surface area contributed by atoms with Crippen molar-refractivity contribution in [3.63, 3.8) is 0 Å². The van der Waals surface area contributed by atoms with Crippen LogP contribution in [0.25, 0.3) is 0 Å². The molecule has 3 aromatic rings. The third kappa shape index (κ3) is 3.54. The molecule has 0 saturated heterocycles. The maximum atomic E-state index is 13.0. The fourth-order valence-electron chi connectivity index (χ4n) is 3.21. The van der Waals surface area contributed by atoms with Crippen molar-refractivity contribution in [2.75, 3.05) is 0 Å². The molecule has 0 bridgehead atoms. The Morgan fingerprint density at radius 2 is 1.34 bits per heavy atom. The number of benzene rings is 3. The lowest BCUT2D eigenvalue weighted by Gasteiger charge is -2.34. The average Bonchev–Trinajstić information content (AvgIpc) is 2.64. The van der Waals surface area contributed by atoms with Gasteiger partial charge in [0.2, 0.25) is 0 Å². The lowest BCUT2D eigenvalue weighted by molar-refractivity contribution is 0.428. The summed E-state index contributed by atoms with van der Waals surface area (Å²) in [7, 11) is -5.16. The molecular weight excluding hydrogens is 482 g/mol. The zero-order chi connectivity index (χ0) is 21.6. The van der Waals surface area contributed by atoms with E-state index < -0.39 is 31.9 Å². The molecule has 1 atom stereocenters. The van der Waals surface area contributed by atoms with Crippen LogP contribution in [0.3, 0.4) is 0 Å². The van der Waals surface area contributed by atoms with E-state index in [4.69, 9.17) is 46.4 Å². The van der Waals surface area contributed by atoms with Crippen molar-refractivity contribution in [2.24, 2.45) is 0 Å². The summed E-state index contributed by atoms with van der Waals surface area (Å²) in [5.74, 6) is -1.17. The highest BCUT2D eigenvalue weighted by Gasteiger charge is 2.53. The van der Waals surface area contributed by atoms with Gasteiger partial charge in [0.15, 0.2) is 4.75 Å². The third-order valence-electron chi connectivity index (χ3n) is 4.43. The zero-order valence-electron chi connectivity index (χ0n) is 14.3. The molecule has 1 unspecified atom stereocenters. The van der Waals surface area contributed by atoms with Crippen LogP contribution in [0.1, 0.15) is 16.7 Å². The predicted molar refractivity (Wildman–Crippen MR) is 114 cm³/mol. The number of hydrogen-bond acceptors (Lipinski definition) is 4. The Morgan fingerprint density at radius 1 is 0.759 bits per heavy atom. The molecule has 3 aromatic carbocycles. The normalized spacial score (nSPS) is 13.8. The Morgan fingerprint density at radius 3 is 1.93 bits per heavy atom. The highest BCUT2D eigenvalue weighted by Crippen LogP contribution is 2.53. The minimum atomic E-state index is -5.16. The fourth-order valence-corrected chi connectivity index (χ4v) is 5.36. The summed E-state index contributed by atoms with van der Waals surface area (Å²) in [6, 6.07) is 11.7. The predicted octanol–water partition coefficient (Wildman–Crippen LogP) is 5.89. The fraction of sp³-hybridized carbons (Fsp3) is 0.0526. The summed E-state index contributed by atoms with van der Waals surface area (Å²) in [5.41, 5.74) is -0.857. The summed E-state index contributed by atoms with van der Waals surface area (Å²) in [6.07, 6.45) is 0. The first-order valence-electron chi connectivity index (χ1n) is 7.90. The number of phenolic OH excluding ortho intramolecular Hbond substituents is 2. The van der Waals surface area contributed by atoms with Crippen molar-refractivity contribution in [2.45, 2.75) is 4.75 Å². The molecule has 3 rings (SSSR count). The van der Waals surface area contributed by atoms with Crippen LogP contribution >= 0.6 is 46.4 Å². The van der Waals surface area contributed by atoms with Gasteiger partial charge in [0.1, 0.15) is 11.5 Å². The van der Waals surface area contributed by atoms with E-state index in [9.17, 15) is 23.2 Å². The highest BCUT2D eigenvalue weighted by molar-refractivity contribution is 7.87. The van der Waals surface area contributed by atoms with E-state index in [1.54, 1.807) is 0 Å². The van der Waals surface area contributed by atoms with Crippen molar-refractivity contribution in [3.8, 4) is 11.5 Å². The molecule has 0 aliphatic heterocycles. The first-order valence-corrected chi connectivity index (χ1v) is 10.9. The first-order chi connectivity index (χ1) is 13.5. The number of aromatic hydroxyl groups is 2. The van der Waals surface area contributed by atoms with Gasteiger partial charge in [-0.1, -0.05) is 70.7 Å². The Kier molecular flexibility index (Phi) is 5.98. The first kappa shape index (κ1) is 22.0. The lowest BCUT2D eigenvalue weighted by atomic mass is 9.83. The summed E-state index contributed by atoms with van der Waals surface area (Å²) >= 11 is 24.4. The lowest BCUT2D eigenvalue weighted by Crippen LogP contribution is -2.38. The number of halogens is 4. The Bertz CT molecular complexity index is 1210. The van der Waals surface area contributed by atoms with E-state index >= 15 is 0 Å². The number of rotatable bonds is 4. The number of para-hydroxylation sites is 1. The molecule has 0 spiro atoms. The molecule has 0 amide bonds. The topological polar surface area (TPSA) is 94.8 Å². The van der Waals surface area contributed by atoms with Crippen molar-refractivity contribution in [1.29, 1.82) is 0 Å². The van der Waals surface area contributed by atoms with Crippen LogP contribution in [0.5, 0.6) is 11.5 Å². The van der Waals surface area contributed by atoms with Crippen LogP contribution in [-0.2, 0) is 14.9 Å². The molecule has 0 fully saturated rings. The Labute approximate surface area is 186 Å². The quantitative estimate of drug-likeness (QED) is 0.311. The molecule has 0 heterocycles. The van der Waals surface area contributed by atoms with Gasteiger partial charge in [0.25, 0.3) is 10.1 Å². The van der Waals surface area contributed by atoms with E-state index in [1.807, 2.05) is 0 Å². The van der Waals surface area contributed by atoms with E-state index in [0.717, 1.165) is 0 Å². The van der Waals surface area contributed by atoms with E-state index in [1.165, 1.54) is 54.6 Å². The second-order valence-electron chi connectivity index (χ2n) is 6.06. The SMILES string of the molecule is O=S(=O)(O)C(c1ccc(Cl)c(Cl)c1)(c1ccccc1O)c1c(Cl)ccc(Cl)c1O. The summed E-state index contributed by atoms with van der Waals surface area (Å²) in [5, 5.41) is 20.9. The van der Waals surface area contributed by atoms with Gasteiger partial charge >= 0.3 is 0 Å². The van der Waals surface area contributed by atoms with Crippen LogP contribution in [0.4, 0.5) is 0 Å². The standard InChI is InChI=1S/C19H12Cl4O5S/c20-12-6-5-10(9-15(12)23)19(29(26,27)28,11-3-1-2-4-16(11)24)17-13(21)7-8-14(22)18(17)25/h1-9,24-25H,(H,26,27,28). The van der Waals surface area contributed by atoms with Gasteiger partial charge < -0.3 is 10.2 Å². The molecule has 152 valence electrons. The van der Waals surface area contributed by atoms with Crippen LogP contribution in [0.15, 0.2) is 54.6 Å². The number of phenols is 2. The van der Waals surface area contributed by atoms with Crippen LogP contribution in [-0.4, -0.2) is 23.2 Å². The molecular formula is C19H12Cl4O5S. The van der Waals surface area contributed by atoms with Crippen molar-refractivity contribution < 1.29 is 23.2 Å². The second kappa shape index (κ2) is 7.87.